The molecule has 1 saturated carbocycles. The Hall–Kier alpha value is -0.600. The standard InChI is InChI=1S/C16H20INO/c1-12-7-9-16(11-18,10-8-12)15(2,19)13-3-5-14(17)6-4-13/h3-6,12,19H,7-10H2,1-2H3. The van der Waals surface area contributed by atoms with Crippen molar-refractivity contribution in [2.75, 3.05) is 0 Å². The normalized spacial score (nSPS) is 30.4. The maximum absolute atomic E-state index is 11.0. The van der Waals surface area contributed by atoms with Crippen LogP contribution in [0.3, 0.4) is 0 Å². The van der Waals surface area contributed by atoms with E-state index in [9.17, 15) is 10.4 Å². The van der Waals surface area contributed by atoms with Gasteiger partial charge in [-0.05, 0) is 78.8 Å². The molecule has 0 saturated heterocycles. The van der Waals surface area contributed by atoms with E-state index in [-0.39, 0.29) is 0 Å². The minimum atomic E-state index is -1.08. The lowest BCUT2D eigenvalue weighted by atomic mass is 9.61. The highest BCUT2D eigenvalue weighted by Crippen LogP contribution is 2.50. The summed E-state index contributed by atoms with van der Waals surface area (Å²) in [4.78, 5) is 0. The van der Waals surface area contributed by atoms with Crippen molar-refractivity contribution < 1.29 is 5.11 Å². The first-order valence-corrected chi connectivity index (χ1v) is 7.89. The zero-order chi connectivity index (χ0) is 14.1. The Balaban J connectivity index is 2.36. The van der Waals surface area contributed by atoms with Gasteiger partial charge in [0, 0.05) is 3.57 Å². The summed E-state index contributed by atoms with van der Waals surface area (Å²) in [6.45, 7) is 4.02. The van der Waals surface area contributed by atoms with E-state index in [1.165, 1.54) is 0 Å². The molecule has 2 rings (SSSR count). The Morgan fingerprint density at radius 3 is 2.32 bits per heavy atom. The van der Waals surface area contributed by atoms with Gasteiger partial charge >= 0.3 is 0 Å². The summed E-state index contributed by atoms with van der Waals surface area (Å²) in [6, 6.07) is 10.3. The molecule has 1 aromatic carbocycles. The third-order valence-electron chi connectivity index (χ3n) is 4.68. The van der Waals surface area contributed by atoms with Gasteiger partial charge in [0.05, 0.1) is 11.5 Å². The molecule has 1 unspecified atom stereocenters. The summed E-state index contributed by atoms with van der Waals surface area (Å²) < 4.78 is 1.14. The second-order valence-electron chi connectivity index (χ2n) is 5.96. The summed E-state index contributed by atoms with van der Waals surface area (Å²) >= 11 is 2.25. The smallest absolute Gasteiger partial charge is 0.105 e. The molecule has 0 heterocycles. The number of aliphatic hydroxyl groups is 1. The van der Waals surface area contributed by atoms with Gasteiger partial charge in [-0.25, -0.2) is 0 Å². The zero-order valence-corrected chi connectivity index (χ0v) is 13.6. The Morgan fingerprint density at radius 2 is 1.84 bits per heavy atom. The van der Waals surface area contributed by atoms with E-state index in [1.54, 1.807) is 6.92 Å². The van der Waals surface area contributed by atoms with Gasteiger partial charge in [0.15, 0.2) is 0 Å². The SMILES string of the molecule is CC1CCC(C#N)(C(C)(O)c2ccc(I)cc2)CC1. The number of hydrogen-bond donors (Lipinski definition) is 1. The fraction of sp³-hybridized carbons (Fsp3) is 0.562. The summed E-state index contributed by atoms with van der Waals surface area (Å²) in [5, 5.41) is 20.7. The van der Waals surface area contributed by atoms with E-state index >= 15 is 0 Å². The Morgan fingerprint density at radius 1 is 1.32 bits per heavy atom. The minimum Gasteiger partial charge on any atom is -0.384 e. The number of nitrogens with zero attached hydrogens (tertiary/aromatic N) is 1. The molecule has 1 aliphatic carbocycles. The van der Waals surface area contributed by atoms with Crippen LogP contribution in [0, 0.1) is 26.2 Å². The Kier molecular flexibility index (Phi) is 4.22. The molecule has 1 aliphatic rings. The van der Waals surface area contributed by atoms with Crippen LogP contribution in [0.1, 0.15) is 45.1 Å². The van der Waals surface area contributed by atoms with E-state index in [0.717, 1.165) is 34.8 Å². The highest BCUT2D eigenvalue weighted by atomic mass is 127. The monoisotopic (exact) mass is 369 g/mol. The molecule has 0 bridgehead atoms. The van der Waals surface area contributed by atoms with Crippen molar-refractivity contribution in [3.63, 3.8) is 0 Å². The van der Waals surface area contributed by atoms with Crippen molar-refractivity contribution >= 4 is 22.6 Å². The molecular formula is C16H20INO. The van der Waals surface area contributed by atoms with Crippen molar-refractivity contribution in [3.8, 4) is 6.07 Å². The topological polar surface area (TPSA) is 44.0 Å². The largest absolute Gasteiger partial charge is 0.384 e. The molecule has 1 fully saturated rings. The molecule has 1 aromatic rings. The third-order valence-corrected chi connectivity index (χ3v) is 5.40. The van der Waals surface area contributed by atoms with Crippen molar-refractivity contribution in [3.05, 3.63) is 33.4 Å². The first-order chi connectivity index (χ1) is 8.91. The van der Waals surface area contributed by atoms with E-state index in [2.05, 4.69) is 35.6 Å². The molecular weight excluding hydrogens is 349 g/mol. The molecule has 0 aliphatic heterocycles. The van der Waals surface area contributed by atoms with Crippen LogP contribution in [0.4, 0.5) is 0 Å². The fourth-order valence-corrected chi connectivity index (χ4v) is 3.37. The van der Waals surface area contributed by atoms with Crippen molar-refractivity contribution in [1.82, 2.24) is 0 Å². The quantitative estimate of drug-likeness (QED) is 0.794. The number of hydrogen-bond acceptors (Lipinski definition) is 2. The van der Waals surface area contributed by atoms with Gasteiger partial charge in [-0.3, -0.25) is 0 Å². The van der Waals surface area contributed by atoms with Gasteiger partial charge in [-0.15, -0.1) is 0 Å². The van der Waals surface area contributed by atoms with Gasteiger partial charge in [-0.2, -0.15) is 5.26 Å². The minimum absolute atomic E-state index is 0.647. The molecule has 0 amide bonds. The second kappa shape index (κ2) is 5.41. The molecule has 0 radical (unpaired) electrons. The Labute approximate surface area is 129 Å². The molecule has 0 aromatic heterocycles. The molecule has 2 nitrogen and oxygen atoms in total. The van der Waals surface area contributed by atoms with Gasteiger partial charge in [0.25, 0.3) is 0 Å². The maximum atomic E-state index is 11.0. The van der Waals surface area contributed by atoms with Crippen molar-refractivity contribution in [2.45, 2.75) is 45.1 Å². The number of halogens is 1. The number of benzene rings is 1. The van der Waals surface area contributed by atoms with E-state index in [0.29, 0.717) is 5.92 Å². The maximum Gasteiger partial charge on any atom is 0.105 e. The molecule has 3 heteroatoms. The average molecular weight is 369 g/mol. The van der Waals surface area contributed by atoms with Crippen molar-refractivity contribution in [1.29, 1.82) is 5.26 Å². The molecule has 0 spiro atoms. The lowest BCUT2D eigenvalue weighted by Gasteiger charge is -2.44. The van der Waals surface area contributed by atoms with Crippen LogP contribution in [0.2, 0.25) is 0 Å². The first kappa shape index (κ1) is 14.8. The first-order valence-electron chi connectivity index (χ1n) is 6.81. The third kappa shape index (κ3) is 2.66. The van der Waals surface area contributed by atoms with Crippen LogP contribution in [0.15, 0.2) is 24.3 Å². The van der Waals surface area contributed by atoms with Crippen LogP contribution < -0.4 is 0 Å². The number of nitriles is 1. The molecule has 1 atom stereocenters. The predicted octanol–water partition coefficient (Wildman–Crippen LogP) is 4.22. The van der Waals surface area contributed by atoms with Crippen LogP contribution in [-0.2, 0) is 5.60 Å². The van der Waals surface area contributed by atoms with Crippen LogP contribution in [0.5, 0.6) is 0 Å². The van der Waals surface area contributed by atoms with Crippen molar-refractivity contribution in [2.24, 2.45) is 11.3 Å². The van der Waals surface area contributed by atoms with Crippen LogP contribution >= 0.6 is 22.6 Å². The lowest BCUT2D eigenvalue weighted by Crippen LogP contribution is -2.45. The number of rotatable bonds is 2. The predicted molar refractivity (Wildman–Crippen MR) is 84.4 cm³/mol. The van der Waals surface area contributed by atoms with E-state index in [1.807, 2.05) is 24.3 Å². The highest BCUT2D eigenvalue weighted by Gasteiger charge is 2.49. The average Bonchev–Trinajstić information content (AvgIpc) is 2.40. The zero-order valence-electron chi connectivity index (χ0n) is 11.5. The molecule has 102 valence electrons. The van der Waals surface area contributed by atoms with Gasteiger partial charge < -0.3 is 5.11 Å². The van der Waals surface area contributed by atoms with Gasteiger partial charge in [0.2, 0.25) is 0 Å². The lowest BCUT2D eigenvalue weighted by molar-refractivity contribution is -0.0686. The van der Waals surface area contributed by atoms with Gasteiger partial charge in [0.1, 0.15) is 5.60 Å². The summed E-state index contributed by atoms with van der Waals surface area (Å²) in [6.07, 6.45) is 3.61. The molecule has 1 N–H and O–H groups in total. The van der Waals surface area contributed by atoms with E-state index in [4.69, 9.17) is 0 Å². The highest BCUT2D eigenvalue weighted by molar-refractivity contribution is 14.1. The summed E-state index contributed by atoms with van der Waals surface area (Å²) in [5.74, 6) is 0.661. The molecule has 19 heavy (non-hydrogen) atoms. The fourth-order valence-electron chi connectivity index (χ4n) is 3.01. The summed E-state index contributed by atoms with van der Waals surface area (Å²) in [5.41, 5.74) is -0.873. The Bertz CT molecular complexity index is 478. The summed E-state index contributed by atoms with van der Waals surface area (Å²) in [7, 11) is 0. The van der Waals surface area contributed by atoms with Crippen LogP contribution in [0.25, 0.3) is 0 Å². The van der Waals surface area contributed by atoms with E-state index < -0.39 is 11.0 Å². The second-order valence-corrected chi connectivity index (χ2v) is 7.20. The van der Waals surface area contributed by atoms with Crippen LogP contribution in [-0.4, -0.2) is 5.11 Å². The van der Waals surface area contributed by atoms with Gasteiger partial charge in [-0.1, -0.05) is 19.1 Å².